The molecule has 0 aliphatic heterocycles. The molecule has 1 aliphatic carbocycles. The molecule has 0 radical (unpaired) electrons. The van der Waals surface area contributed by atoms with Crippen LogP contribution in [0.2, 0.25) is 0 Å². The van der Waals surface area contributed by atoms with Crippen molar-refractivity contribution < 1.29 is 22.3 Å². The fourth-order valence-corrected chi connectivity index (χ4v) is 7.23. The number of thiazole rings is 1. The van der Waals surface area contributed by atoms with Gasteiger partial charge in [-0.15, -0.1) is 11.3 Å². The first kappa shape index (κ1) is 25.7. The number of fused-ring (bicyclic) bond motifs is 4. The zero-order valence-electron chi connectivity index (χ0n) is 21.8. The van der Waals surface area contributed by atoms with Crippen molar-refractivity contribution in [3.63, 3.8) is 0 Å². The molecule has 0 saturated heterocycles. The number of nitrogens with zero attached hydrogens (tertiary/aromatic N) is 2. The van der Waals surface area contributed by atoms with Crippen LogP contribution in [0.3, 0.4) is 0 Å². The van der Waals surface area contributed by atoms with E-state index in [0.717, 1.165) is 75.5 Å². The molecule has 198 valence electrons. The SMILES string of the molecule is CCCC[n+]1c(-c2nc3ccccc3s2)cc(-c2ccc(OC)cc2S(=O)(=O)O)c2c1-c1ccccc1CC2. The van der Waals surface area contributed by atoms with Gasteiger partial charge in [0.25, 0.3) is 10.1 Å². The van der Waals surface area contributed by atoms with Crippen LogP contribution in [0.15, 0.2) is 77.7 Å². The number of hydrogen-bond acceptors (Lipinski definition) is 5. The molecule has 2 aromatic heterocycles. The third-order valence-electron chi connectivity index (χ3n) is 7.37. The monoisotopic (exact) mass is 557 g/mol. The van der Waals surface area contributed by atoms with Crippen molar-refractivity contribution in [2.24, 2.45) is 0 Å². The van der Waals surface area contributed by atoms with Crippen molar-refractivity contribution in [2.45, 2.75) is 44.0 Å². The summed E-state index contributed by atoms with van der Waals surface area (Å²) in [6.45, 7) is 2.99. The Bertz CT molecular complexity index is 1790. The average molecular weight is 558 g/mol. The van der Waals surface area contributed by atoms with E-state index in [2.05, 4.69) is 47.9 Å². The summed E-state index contributed by atoms with van der Waals surface area (Å²) in [6.07, 6.45) is 3.64. The van der Waals surface area contributed by atoms with Crippen molar-refractivity contribution in [2.75, 3.05) is 7.11 Å². The number of benzene rings is 3. The predicted molar refractivity (Wildman–Crippen MR) is 155 cm³/mol. The Hall–Kier alpha value is -3.59. The molecular weight excluding hydrogens is 528 g/mol. The summed E-state index contributed by atoms with van der Waals surface area (Å²) in [7, 11) is -3.05. The van der Waals surface area contributed by atoms with Gasteiger partial charge in [0.2, 0.25) is 11.4 Å². The van der Waals surface area contributed by atoms with E-state index in [1.54, 1.807) is 23.5 Å². The molecule has 5 aromatic rings. The highest BCUT2D eigenvalue weighted by Crippen LogP contribution is 2.42. The molecule has 8 heteroatoms. The summed E-state index contributed by atoms with van der Waals surface area (Å²) in [5, 5.41) is 0.876. The fraction of sp³-hybridized carbons (Fsp3) is 0.226. The second kappa shape index (κ2) is 10.2. The number of hydrogen-bond donors (Lipinski definition) is 1. The molecule has 6 nitrogen and oxygen atoms in total. The lowest BCUT2D eigenvalue weighted by molar-refractivity contribution is -0.676. The lowest BCUT2D eigenvalue weighted by Gasteiger charge is -2.23. The summed E-state index contributed by atoms with van der Waals surface area (Å²) >= 11 is 1.63. The maximum absolute atomic E-state index is 12.6. The van der Waals surface area contributed by atoms with Gasteiger partial charge in [0.15, 0.2) is 5.01 Å². The van der Waals surface area contributed by atoms with Gasteiger partial charge in [-0.25, -0.2) is 4.98 Å². The molecule has 0 unspecified atom stereocenters. The van der Waals surface area contributed by atoms with E-state index < -0.39 is 10.1 Å². The van der Waals surface area contributed by atoms with E-state index in [-0.39, 0.29) is 4.90 Å². The van der Waals surface area contributed by atoms with Crippen LogP contribution in [0.1, 0.15) is 30.9 Å². The van der Waals surface area contributed by atoms with Crippen LogP contribution in [-0.4, -0.2) is 25.1 Å². The largest absolute Gasteiger partial charge is 0.497 e. The third-order valence-corrected chi connectivity index (χ3v) is 9.33. The van der Waals surface area contributed by atoms with Gasteiger partial charge in [-0.1, -0.05) is 43.7 Å². The Morgan fingerprint density at radius 1 is 0.974 bits per heavy atom. The van der Waals surface area contributed by atoms with E-state index in [4.69, 9.17) is 9.72 Å². The molecule has 6 rings (SSSR count). The highest BCUT2D eigenvalue weighted by Gasteiger charge is 2.34. The average Bonchev–Trinajstić information content (AvgIpc) is 3.39. The Balaban J connectivity index is 1.73. The molecule has 39 heavy (non-hydrogen) atoms. The number of pyridine rings is 1. The van der Waals surface area contributed by atoms with Gasteiger partial charge in [0.05, 0.1) is 17.3 Å². The van der Waals surface area contributed by atoms with Crippen LogP contribution < -0.4 is 9.30 Å². The molecule has 2 heterocycles. The van der Waals surface area contributed by atoms with E-state index in [9.17, 15) is 13.0 Å². The topological polar surface area (TPSA) is 80.4 Å². The molecule has 1 N–H and O–H groups in total. The van der Waals surface area contributed by atoms with E-state index in [1.807, 2.05) is 18.2 Å². The minimum absolute atomic E-state index is 0.163. The van der Waals surface area contributed by atoms with Crippen molar-refractivity contribution >= 4 is 31.7 Å². The molecule has 0 fully saturated rings. The Labute approximate surface area is 232 Å². The van der Waals surface area contributed by atoms with Gasteiger partial charge in [0, 0.05) is 35.2 Å². The van der Waals surface area contributed by atoms with Gasteiger partial charge in [-0.3, -0.25) is 4.55 Å². The maximum atomic E-state index is 12.6. The van der Waals surface area contributed by atoms with Gasteiger partial charge in [-0.05, 0) is 54.3 Å². The molecule has 0 amide bonds. The standard InChI is InChI=1S/C31H28N2O4S2/c1-3-4-17-33-27(31-32-26-11-7-8-12-28(26)38-31)19-25(23-16-14-21(37-2)18-29(23)39(34,35)36)24-15-13-20-9-5-6-10-22(20)30(24)33/h5-12,14,16,18-19H,3-4,13,15,17H2,1-2H3/p+1. The predicted octanol–water partition coefficient (Wildman–Crippen LogP) is 6.74. The minimum atomic E-state index is -4.52. The van der Waals surface area contributed by atoms with Crippen molar-refractivity contribution in [1.29, 1.82) is 0 Å². The van der Waals surface area contributed by atoms with Crippen molar-refractivity contribution in [1.82, 2.24) is 4.98 Å². The van der Waals surface area contributed by atoms with Crippen molar-refractivity contribution in [3.05, 3.63) is 83.9 Å². The van der Waals surface area contributed by atoms with Crippen LogP contribution in [0.25, 0.3) is 43.3 Å². The molecular formula is C31H29N2O4S2+. The quantitative estimate of drug-likeness (QED) is 0.177. The molecule has 0 spiro atoms. The number of methoxy groups -OCH3 is 1. The summed E-state index contributed by atoms with van der Waals surface area (Å²) in [5.74, 6) is 0.367. The van der Waals surface area contributed by atoms with Crippen LogP contribution >= 0.6 is 11.3 Å². The Morgan fingerprint density at radius 3 is 2.54 bits per heavy atom. The number of rotatable bonds is 7. The lowest BCUT2D eigenvalue weighted by Crippen LogP contribution is -2.41. The zero-order valence-corrected chi connectivity index (χ0v) is 23.5. The van der Waals surface area contributed by atoms with Gasteiger partial charge in [0.1, 0.15) is 17.2 Å². The third kappa shape index (κ3) is 4.62. The normalized spacial score (nSPS) is 12.8. The highest BCUT2D eigenvalue weighted by molar-refractivity contribution is 7.86. The number of para-hydroxylation sites is 1. The van der Waals surface area contributed by atoms with E-state index in [1.165, 1.54) is 18.7 Å². The molecule has 0 saturated carbocycles. The summed E-state index contributed by atoms with van der Waals surface area (Å²) in [5.41, 5.74) is 7.71. The molecule has 0 bridgehead atoms. The van der Waals surface area contributed by atoms with E-state index >= 15 is 0 Å². The van der Waals surface area contributed by atoms with Crippen LogP contribution in [0.5, 0.6) is 5.75 Å². The molecule has 1 aliphatic rings. The minimum Gasteiger partial charge on any atom is -0.497 e. The lowest BCUT2D eigenvalue weighted by atomic mass is 9.84. The zero-order chi connectivity index (χ0) is 27.1. The van der Waals surface area contributed by atoms with Crippen molar-refractivity contribution in [3.8, 4) is 38.8 Å². The second-order valence-corrected chi connectivity index (χ2v) is 12.2. The molecule has 0 atom stereocenters. The summed E-state index contributed by atoms with van der Waals surface area (Å²) < 4.78 is 44.3. The Kier molecular flexibility index (Phi) is 6.71. The first-order valence-electron chi connectivity index (χ1n) is 13.1. The number of ether oxygens (including phenoxy) is 1. The number of aromatic nitrogens is 2. The molecule has 3 aromatic carbocycles. The van der Waals surface area contributed by atoms with Crippen LogP contribution in [-0.2, 0) is 29.5 Å². The van der Waals surface area contributed by atoms with Gasteiger partial charge < -0.3 is 4.74 Å². The fourth-order valence-electron chi connectivity index (χ4n) is 5.52. The Morgan fingerprint density at radius 2 is 1.77 bits per heavy atom. The highest BCUT2D eigenvalue weighted by atomic mass is 32.2. The smallest absolute Gasteiger partial charge is 0.295 e. The maximum Gasteiger partial charge on any atom is 0.295 e. The van der Waals surface area contributed by atoms with Gasteiger partial charge in [-0.2, -0.15) is 13.0 Å². The first-order valence-corrected chi connectivity index (χ1v) is 15.3. The number of aryl methyl sites for hydroxylation is 1. The first-order chi connectivity index (χ1) is 18.9. The number of unbranched alkanes of at least 4 members (excludes halogenated alkanes) is 1. The van der Waals surface area contributed by atoms with Crippen LogP contribution in [0.4, 0.5) is 0 Å². The van der Waals surface area contributed by atoms with Crippen LogP contribution in [0, 0.1) is 0 Å². The summed E-state index contributed by atoms with van der Waals surface area (Å²) in [4.78, 5) is 4.84. The van der Waals surface area contributed by atoms with Gasteiger partial charge >= 0.3 is 0 Å². The summed E-state index contributed by atoms with van der Waals surface area (Å²) in [6, 6.07) is 23.5. The second-order valence-electron chi connectivity index (χ2n) is 9.76. The van der Waals surface area contributed by atoms with E-state index in [0.29, 0.717) is 11.3 Å².